The smallest absolute Gasteiger partial charge is 0.254 e. The molecule has 7 nitrogen and oxygen atoms in total. The first kappa shape index (κ1) is 17.5. The summed E-state index contributed by atoms with van der Waals surface area (Å²) in [6, 6.07) is 12.5. The maximum Gasteiger partial charge on any atom is 0.254 e. The van der Waals surface area contributed by atoms with Gasteiger partial charge in [0.25, 0.3) is 5.56 Å². The van der Waals surface area contributed by atoms with E-state index < -0.39 is 0 Å². The summed E-state index contributed by atoms with van der Waals surface area (Å²) in [4.78, 5) is 28.3. The third-order valence-electron chi connectivity index (χ3n) is 3.86. The normalized spacial score (nSPS) is 10.5. The van der Waals surface area contributed by atoms with Crippen LogP contribution in [0.2, 0.25) is 0 Å². The van der Waals surface area contributed by atoms with Gasteiger partial charge in [-0.3, -0.25) is 14.2 Å². The molecule has 0 saturated carbocycles. The van der Waals surface area contributed by atoms with E-state index in [4.69, 9.17) is 9.15 Å². The van der Waals surface area contributed by atoms with Crippen LogP contribution >= 0.6 is 0 Å². The van der Waals surface area contributed by atoms with Gasteiger partial charge < -0.3 is 14.5 Å². The molecule has 0 radical (unpaired) electrons. The van der Waals surface area contributed by atoms with Gasteiger partial charge >= 0.3 is 0 Å². The molecule has 26 heavy (non-hydrogen) atoms. The summed E-state index contributed by atoms with van der Waals surface area (Å²) in [6.07, 6.45) is 3.56. The van der Waals surface area contributed by atoms with Gasteiger partial charge in [-0.2, -0.15) is 0 Å². The Morgan fingerprint density at radius 1 is 1.27 bits per heavy atom. The zero-order valence-corrected chi connectivity index (χ0v) is 14.3. The molecule has 2 aromatic heterocycles. The Hall–Kier alpha value is -3.35. The minimum atomic E-state index is -0.309. The zero-order chi connectivity index (χ0) is 18.4. The van der Waals surface area contributed by atoms with Crippen molar-refractivity contribution in [1.29, 1.82) is 0 Å². The lowest BCUT2D eigenvalue weighted by Gasteiger charge is -2.08. The minimum Gasteiger partial charge on any atom is -0.497 e. The van der Waals surface area contributed by atoms with E-state index in [1.54, 1.807) is 19.2 Å². The standard InChI is InChI=1S/C19H19N3O4/c1-25-15-6-4-14(5-7-15)8-9-20-18(23)12-22-13-21-16(11-19(22)24)17-3-2-10-26-17/h2-7,10-11,13H,8-9,12H2,1H3,(H,20,23). The van der Waals surface area contributed by atoms with Crippen molar-refractivity contribution in [2.24, 2.45) is 0 Å². The van der Waals surface area contributed by atoms with E-state index in [2.05, 4.69) is 10.3 Å². The molecule has 3 aromatic rings. The molecular weight excluding hydrogens is 334 g/mol. The molecule has 0 saturated heterocycles. The third-order valence-corrected chi connectivity index (χ3v) is 3.86. The molecule has 0 fully saturated rings. The molecule has 0 atom stereocenters. The number of amides is 1. The molecule has 134 valence electrons. The molecule has 2 heterocycles. The van der Waals surface area contributed by atoms with Gasteiger partial charge in [0.2, 0.25) is 5.91 Å². The molecule has 3 rings (SSSR count). The summed E-state index contributed by atoms with van der Waals surface area (Å²) < 4.78 is 11.6. The van der Waals surface area contributed by atoms with Crippen LogP contribution in [0.3, 0.4) is 0 Å². The number of hydrogen-bond donors (Lipinski definition) is 1. The number of benzene rings is 1. The van der Waals surface area contributed by atoms with Gasteiger partial charge in [0.05, 0.1) is 19.7 Å². The van der Waals surface area contributed by atoms with Crippen LogP contribution in [0.1, 0.15) is 5.56 Å². The maximum absolute atomic E-state index is 12.1. The molecule has 1 amide bonds. The third kappa shape index (κ3) is 4.38. The second-order valence-corrected chi connectivity index (χ2v) is 5.67. The number of ether oxygens (including phenoxy) is 1. The largest absolute Gasteiger partial charge is 0.497 e. The summed E-state index contributed by atoms with van der Waals surface area (Å²) in [6.45, 7) is 0.407. The first-order valence-corrected chi connectivity index (χ1v) is 8.16. The Balaban J connectivity index is 1.52. The van der Waals surface area contributed by atoms with Gasteiger partial charge in [0.1, 0.15) is 18.0 Å². The van der Waals surface area contributed by atoms with Crippen molar-refractivity contribution in [2.75, 3.05) is 13.7 Å². The zero-order valence-electron chi connectivity index (χ0n) is 14.3. The summed E-state index contributed by atoms with van der Waals surface area (Å²) in [5.41, 5.74) is 1.22. The van der Waals surface area contributed by atoms with Gasteiger partial charge in [0.15, 0.2) is 5.76 Å². The number of rotatable bonds is 7. The van der Waals surface area contributed by atoms with E-state index in [0.717, 1.165) is 11.3 Å². The Labute approximate surface area is 150 Å². The predicted octanol–water partition coefficient (Wildman–Crippen LogP) is 1.87. The summed E-state index contributed by atoms with van der Waals surface area (Å²) in [5, 5.41) is 2.80. The highest BCUT2D eigenvalue weighted by Crippen LogP contribution is 2.14. The highest BCUT2D eigenvalue weighted by Gasteiger charge is 2.08. The fourth-order valence-corrected chi connectivity index (χ4v) is 2.45. The van der Waals surface area contributed by atoms with Gasteiger partial charge in [0, 0.05) is 12.6 Å². The Morgan fingerprint density at radius 2 is 2.08 bits per heavy atom. The molecule has 7 heteroatoms. The maximum atomic E-state index is 12.1. The lowest BCUT2D eigenvalue weighted by molar-refractivity contribution is -0.121. The SMILES string of the molecule is COc1ccc(CCNC(=O)Cn2cnc(-c3ccco3)cc2=O)cc1. The monoisotopic (exact) mass is 353 g/mol. The number of nitrogens with one attached hydrogen (secondary N) is 1. The number of nitrogens with zero attached hydrogens (tertiary/aromatic N) is 2. The average Bonchev–Trinajstić information content (AvgIpc) is 3.19. The summed E-state index contributed by atoms with van der Waals surface area (Å²) in [7, 11) is 1.62. The number of hydrogen-bond acceptors (Lipinski definition) is 5. The minimum absolute atomic E-state index is 0.0765. The van der Waals surface area contributed by atoms with Gasteiger partial charge in [-0.15, -0.1) is 0 Å². The van der Waals surface area contributed by atoms with E-state index in [9.17, 15) is 9.59 Å². The van der Waals surface area contributed by atoms with Crippen LogP contribution in [0.5, 0.6) is 5.75 Å². The Kier molecular flexibility index (Phi) is 5.48. The van der Waals surface area contributed by atoms with Crippen LogP contribution in [0.4, 0.5) is 0 Å². The first-order valence-electron chi connectivity index (χ1n) is 8.16. The molecule has 0 aliphatic rings. The summed E-state index contributed by atoms with van der Waals surface area (Å²) >= 11 is 0. The van der Waals surface area contributed by atoms with Crippen LogP contribution in [-0.4, -0.2) is 29.1 Å². The summed E-state index contributed by atoms with van der Waals surface area (Å²) in [5.74, 6) is 1.06. The Morgan fingerprint density at radius 3 is 2.73 bits per heavy atom. The van der Waals surface area contributed by atoms with Crippen molar-refractivity contribution >= 4 is 5.91 Å². The van der Waals surface area contributed by atoms with E-state index in [1.165, 1.54) is 23.2 Å². The molecule has 0 bridgehead atoms. The van der Waals surface area contributed by atoms with Gasteiger partial charge in [-0.25, -0.2) is 4.98 Å². The van der Waals surface area contributed by atoms with Crippen LogP contribution in [0.15, 0.2) is 64.3 Å². The number of methoxy groups -OCH3 is 1. The van der Waals surface area contributed by atoms with E-state index in [1.807, 2.05) is 24.3 Å². The van der Waals surface area contributed by atoms with E-state index in [-0.39, 0.29) is 18.0 Å². The molecule has 0 unspecified atom stereocenters. The van der Waals surface area contributed by atoms with Gasteiger partial charge in [-0.05, 0) is 36.2 Å². The fourth-order valence-electron chi connectivity index (χ4n) is 2.45. The van der Waals surface area contributed by atoms with E-state index in [0.29, 0.717) is 24.4 Å². The average molecular weight is 353 g/mol. The number of aromatic nitrogens is 2. The fraction of sp³-hybridized carbons (Fsp3) is 0.211. The molecule has 0 aliphatic carbocycles. The lowest BCUT2D eigenvalue weighted by Crippen LogP contribution is -2.33. The predicted molar refractivity (Wildman–Crippen MR) is 95.9 cm³/mol. The Bertz CT molecular complexity index is 915. The van der Waals surface area contributed by atoms with E-state index >= 15 is 0 Å². The van der Waals surface area contributed by atoms with Crippen molar-refractivity contribution in [1.82, 2.24) is 14.9 Å². The van der Waals surface area contributed by atoms with Crippen molar-refractivity contribution in [3.63, 3.8) is 0 Å². The number of furan rings is 1. The molecule has 0 aliphatic heterocycles. The molecule has 1 N–H and O–H groups in total. The van der Waals surface area contributed by atoms with Crippen LogP contribution in [0.25, 0.3) is 11.5 Å². The highest BCUT2D eigenvalue weighted by atomic mass is 16.5. The highest BCUT2D eigenvalue weighted by molar-refractivity contribution is 5.75. The number of carbonyl (C=O) groups is 1. The van der Waals surface area contributed by atoms with Crippen molar-refractivity contribution < 1.29 is 13.9 Å². The van der Waals surface area contributed by atoms with Crippen molar-refractivity contribution in [3.05, 3.63) is 71.0 Å². The van der Waals surface area contributed by atoms with Crippen molar-refractivity contribution in [2.45, 2.75) is 13.0 Å². The lowest BCUT2D eigenvalue weighted by atomic mass is 10.1. The second-order valence-electron chi connectivity index (χ2n) is 5.67. The van der Waals surface area contributed by atoms with Crippen LogP contribution < -0.4 is 15.6 Å². The molecule has 0 spiro atoms. The topological polar surface area (TPSA) is 86.4 Å². The number of carbonyl (C=O) groups excluding carboxylic acids is 1. The quantitative estimate of drug-likeness (QED) is 0.701. The van der Waals surface area contributed by atoms with Gasteiger partial charge in [-0.1, -0.05) is 12.1 Å². The first-order chi connectivity index (χ1) is 12.7. The second kappa shape index (κ2) is 8.15. The molecular formula is C19H19N3O4. The van der Waals surface area contributed by atoms with Crippen molar-refractivity contribution in [3.8, 4) is 17.2 Å². The molecule has 1 aromatic carbocycles. The van der Waals surface area contributed by atoms with Crippen LogP contribution in [0, 0.1) is 0 Å². The van der Waals surface area contributed by atoms with Crippen LogP contribution in [-0.2, 0) is 17.8 Å².